The lowest BCUT2D eigenvalue weighted by atomic mass is 10.00. The number of hydrogen-bond donors (Lipinski definition) is 1. The van der Waals surface area contributed by atoms with Crippen LogP contribution in [0.3, 0.4) is 0 Å². The van der Waals surface area contributed by atoms with Crippen molar-refractivity contribution >= 4 is 31.9 Å². The van der Waals surface area contributed by atoms with Crippen LogP contribution in [0.1, 0.15) is 17.2 Å². The Bertz CT molecular complexity index is 525. The van der Waals surface area contributed by atoms with E-state index in [1.54, 1.807) is 12.1 Å². The Morgan fingerprint density at radius 2 is 1.53 bits per heavy atom. The summed E-state index contributed by atoms with van der Waals surface area (Å²) in [6.45, 7) is 0. The third kappa shape index (κ3) is 2.94. The Balaban J connectivity index is 2.33. The van der Waals surface area contributed by atoms with Crippen molar-refractivity contribution in [3.8, 4) is 0 Å². The minimum absolute atomic E-state index is 0.250. The molecule has 0 saturated carbocycles. The highest BCUT2D eigenvalue weighted by atomic mass is 79.9. The van der Waals surface area contributed by atoms with Gasteiger partial charge in [0.2, 0.25) is 0 Å². The maximum absolute atomic E-state index is 13.1. The van der Waals surface area contributed by atoms with Gasteiger partial charge in [0.1, 0.15) is 5.82 Å². The highest BCUT2D eigenvalue weighted by molar-refractivity contribution is 9.10. The van der Waals surface area contributed by atoms with Crippen LogP contribution in [0.2, 0.25) is 0 Å². The van der Waals surface area contributed by atoms with E-state index in [1.165, 1.54) is 6.07 Å². The first-order chi connectivity index (χ1) is 8.08. The van der Waals surface area contributed by atoms with Gasteiger partial charge in [-0.25, -0.2) is 4.39 Å². The summed E-state index contributed by atoms with van der Waals surface area (Å²) >= 11 is 6.53. The van der Waals surface area contributed by atoms with Crippen molar-refractivity contribution in [2.75, 3.05) is 0 Å². The molecule has 2 aromatic carbocycles. The molecular weight excluding hydrogens is 349 g/mol. The van der Waals surface area contributed by atoms with Gasteiger partial charge in [-0.05, 0) is 51.3 Å². The summed E-state index contributed by atoms with van der Waals surface area (Å²) in [5, 5.41) is 0. The summed E-state index contributed by atoms with van der Waals surface area (Å²) in [7, 11) is 0. The second-order valence-corrected chi connectivity index (χ2v) is 5.47. The lowest BCUT2D eigenvalue weighted by Crippen LogP contribution is -2.11. The van der Waals surface area contributed by atoms with Gasteiger partial charge in [-0.3, -0.25) is 0 Å². The normalized spacial score (nSPS) is 12.5. The summed E-state index contributed by atoms with van der Waals surface area (Å²) in [4.78, 5) is 0. The van der Waals surface area contributed by atoms with Crippen LogP contribution in [0.5, 0.6) is 0 Å². The van der Waals surface area contributed by atoms with Gasteiger partial charge < -0.3 is 5.73 Å². The van der Waals surface area contributed by atoms with Crippen LogP contribution in [-0.4, -0.2) is 0 Å². The average molecular weight is 359 g/mol. The summed E-state index contributed by atoms with van der Waals surface area (Å²) < 4.78 is 14.6. The van der Waals surface area contributed by atoms with Gasteiger partial charge in [-0.1, -0.05) is 34.1 Å². The van der Waals surface area contributed by atoms with E-state index in [4.69, 9.17) is 5.73 Å². The highest BCUT2D eigenvalue weighted by Gasteiger charge is 2.10. The van der Waals surface area contributed by atoms with Crippen molar-refractivity contribution in [1.82, 2.24) is 0 Å². The molecule has 1 atom stereocenters. The molecule has 0 fully saturated rings. The molecule has 0 radical (unpaired) electrons. The summed E-state index contributed by atoms with van der Waals surface area (Å²) in [6.07, 6.45) is 0. The Morgan fingerprint density at radius 1 is 0.941 bits per heavy atom. The van der Waals surface area contributed by atoms with Crippen LogP contribution in [0.25, 0.3) is 0 Å². The number of benzene rings is 2. The second kappa shape index (κ2) is 5.29. The monoisotopic (exact) mass is 357 g/mol. The molecule has 0 bridgehead atoms. The van der Waals surface area contributed by atoms with Crippen LogP contribution in [0.4, 0.5) is 4.39 Å². The molecule has 2 N–H and O–H groups in total. The SMILES string of the molecule is NC(c1ccc(Br)cc1)c1ccc(F)c(Br)c1. The third-order valence-electron chi connectivity index (χ3n) is 2.53. The van der Waals surface area contributed by atoms with Crippen LogP contribution < -0.4 is 5.73 Å². The highest BCUT2D eigenvalue weighted by Crippen LogP contribution is 2.25. The maximum atomic E-state index is 13.1. The number of nitrogens with two attached hydrogens (primary N) is 1. The molecule has 0 aliphatic heterocycles. The number of halogens is 3. The Hall–Kier alpha value is -0.710. The zero-order valence-electron chi connectivity index (χ0n) is 8.83. The van der Waals surface area contributed by atoms with E-state index in [0.29, 0.717) is 4.47 Å². The molecule has 0 aliphatic rings. The smallest absolute Gasteiger partial charge is 0.137 e. The zero-order valence-corrected chi connectivity index (χ0v) is 12.0. The van der Waals surface area contributed by atoms with Gasteiger partial charge in [-0.2, -0.15) is 0 Å². The van der Waals surface area contributed by atoms with Crippen molar-refractivity contribution in [3.05, 3.63) is 68.4 Å². The Labute approximate surface area is 116 Å². The molecule has 0 saturated heterocycles. The van der Waals surface area contributed by atoms with E-state index in [2.05, 4.69) is 31.9 Å². The first kappa shape index (κ1) is 12.7. The van der Waals surface area contributed by atoms with Crippen molar-refractivity contribution in [2.24, 2.45) is 5.73 Å². The van der Waals surface area contributed by atoms with E-state index in [9.17, 15) is 4.39 Å². The summed E-state index contributed by atoms with van der Waals surface area (Å²) in [5.41, 5.74) is 7.99. The van der Waals surface area contributed by atoms with Crippen LogP contribution in [0, 0.1) is 5.82 Å². The molecule has 1 unspecified atom stereocenters. The molecule has 2 aromatic rings. The first-order valence-electron chi connectivity index (χ1n) is 5.04. The second-order valence-electron chi connectivity index (χ2n) is 3.70. The average Bonchev–Trinajstić information content (AvgIpc) is 2.33. The van der Waals surface area contributed by atoms with E-state index < -0.39 is 0 Å². The molecule has 0 heterocycles. The predicted molar refractivity (Wildman–Crippen MR) is 74.3 cm³/mol. The molecule has 17 heavy (non-hydrogen) atoms. The van der Waals surface area contributed by atoms with Gasteiger partial charge in [0.25, 0.3) is 0 Å². The van der Waals surface area contributed by atoms with Gasteiger partial charge in [-0.15, -0.1) is 0 Å². The van der Waals surface area contributed by atoms with Crippen molar-refractivity contribution < 1.29 is 4.39 Å². The minimum Gasteiger partial charge on any atom is -0.320 e. The topological polar surface area (TPSA) is 26.0 Å². The van der Waals surface area contributed by atoms with Crippen LogP contribution in [0.15, 0.2) is 51.4 Å². The van der Waals surface area contributed by atoms with Gasteiger partial charge in [0.15, 0.2) is 0 Å². The molecule has 2 rings (SSSR count). The van der Waals surface area contributed by atoms with Gasteiger partial charge >= 0.3 is 0 Å². The molecule has 0 amide bonds. The molecule has 4 heteroatoms. The van der Waals surface area contributed by atoms with Crippen molar-refractivity contribution in [3.63, 3.8) is 0 Å². The lowest BCUT2D eigenvalue weighted by molar-refractivity contribution is 0.619. The fourth-order valence-corrected chi connectivity index (χ4v) is 2.23. The van der Waals surface area contributed by atoms with E-state index >= 15 is 0 Å². The molecular formula is C13H10Br2FN. The Morgan fingerprint density at radius 3 is 2.12 bits per heavy atom. The molecule has 1 nitrogen and oxygen atoms in total. The summed E-state index contributed by atoms with van der Waals surface area (Å²) in [5.74, 6) is -0.281. The number of hydrogen-bond acceptors (Lipinski definition) is 1. The van der Waals surface area contributed by atoms with Crippen molar-refractivity contribution in [1.29, 1.82) is 0 Å². The first-order valence-corrected chi connectivity index (χ1v) is 6.62. The summed E-state index contributed by atoms with van der Waals surface area (Å²) in [6, 6.07) is 12.4. The van der Waals surface area contributed by atoms with Crippen LogP contribution in [-0.2, 0) is 0 Å². The Kier molecular flexibility index (Phi) is 3.97. The van der Waals surface area contributed by atoms with Gasteiger partial charge in [0, 0.05) is 4.47 Å². The lowest BCUT2D eigenvalue weighted by Gasteiger charge is -2.13. The predicted octanol–water partition coefficient (Wildman–Crippen LogP) is 4.40. The molecule has 88 valence electrons. The molecule has 0 aliphatic carbocycles. The third-order valence-corrected chi connectivity index (χ3v) is 3.67. The quantitative estimate of drug-likeness (QED) is 0.845. The standard InChI is InChI=1S/C13H10Br2FN/c14-10-4-1-8(2-5-10)13(17)9-3-6-12(16)11(15)7-9/h1-7,13H,17H2. The van der Waals surface area contributed by atoms with Crippen molar-refractivity contribution in [2.45, 2.75) is 6.04 Å². The number of rotatable bonds is 2. The van der Waals surface area contributed by atoms with E-state index in [-0.39, 0.29) is 11.9 Å². The molecule has 0 spiro atoms. The largest absolute Gasteiger partial charge is 0.320 e. The molecule has 0 aromatic heterocycles. The fourth-order valence-electron chi connectivity index (χ4n) is 1.57. The zero-order chi connectivity index (χ0) is 12.4. The van der Waals surface area contributed by atoms with Gasteiger partial charge in [0.05, 0.1) is 10.5 Å². The maximum Gasteiger partial charge on any atom is 0.137 e. The van der Waals surface area contributed by atoms with E-state index in [1.807, 2.05) is 24.3 Å². The fraction of sp³-hybridized carbons (Fsp3) is 0.0769. The minimum atomic E-state index is -0.281. The van der Waals surface area contributed by atoms with Crippen LogP contribution >= 0.6 is 31.9 Å². The van der Waals surface area contributed by atoms with E-state index in [0.717, 1.165) is 15.6 Å².